The van der Waals surface area contributed by atoms with Crippen LogP contribution in [-0.2, 0) is 21.4 Å². The molecule has 1 amide bonds. The van der Waals surface area contributed by atoms with Crippen LogP contribution >= 0.6 is 0 Å². The number of hydrogen-bond acceptors (Lipinski definition) is 4. The number of nitrogens with zero attached hydrogens (tertiary/aromatic N) is 1. The number of amides is 1. The van der Waals surface area contributed by atoms with E-state index in [4.69, 9.17) is 0 Å². The van der Waals surface area contributed by atoms with Gasteiger partial charge in [-0.15, -0.1) is 0 Å². The van der Waals surface area contributed by atoms with Gasteiger partial charge in [-0.1, -0.05) is 25.5 Å². The van der Waals surface area contributed by atoms with Gasteiger partial charge in [0.2, 0.25) is 15.9 Å². The summed E-state index contributed by atoms with van der Waals surface area (Å²) >= 11 is 0. The fourth-order valence-electron chi connectivity index (χ4n) is 3.33. The maximum absolute atomic E-state index is 11.8. The van der Waals surface area contributed by atoms with Gasteiger partial charge in [-0.25, -0.2) is 13.1 Å². The first kappa shape index (κ1) is 18.9. The van der Waals surface area contributed by atoms with E-state index in [1.54, 1.807) is 19.1 Å². The summed E-state index contributed by atoms with van der Waals surface area (Å²) in [5.74, 6) is 0.493. The molecule has 1 heterocycles. The van der Waals surface area contributed by atoms with E-state index in [2.05, 4.69) is 21.9 Å². The quantitative estimate of drug-likeness (QED) is 0.775. The number of carbonyl (C=O) groups excluding carboxylic acids is 1. The first-order valence-corrected chi connectivity index (χ1v) is 9.86. The predicted octanol–water partition coefficient (Wildman–Crippen LogP) is 1.33. The molecule has 1 aliphatic rings. The first-order chi connectivity index (χ1) is 11.4. The molecule has 0 saturated carbocycles. The van der Waals surface area contributed by atoms with E-state index in [9.17, 15) is 13.2 Å². The molecule has 0 aliphatic carbocycles. The van der Waals surface area contributed by atoms with E-state index in [0.717, 1.165) is 38.0 Å². The van der Waals surface area contributed by atoms with Crippen molar-refractivity contribution in [3.63, 3.8) is 0 Å². The van der Waals surface area contributed by atoms with Crippen LogP contribution < -0.4 is 10.0 Å². The van der Waals surface area contributed by atoms with Crippen molar-refractivity contribution in [1.29, 1.82) is 0 Å². The number of rotatable bonds is 7. The molecule has 0 aromatic heterocycles. The summed E-state index contributed by atoms with van der Waals surface area (Å²) in [4.78, 5) is 14.0. The van der Waals surface area contributed by atoms with Gasteiger partial charge in [-0.2, -0.15) is 0 Å². The zero-order chi connectivity index (χ0) is 17.7. The fraction of sp³-hybridized carbons (Fsp3) is 0.588. The molecule has 1 fully saturated rings. The van der Waals surface area contributed by atoms with Gasteiger partial charge in [0.05, 0.1) is 4.90 Å². The molecule has 0 unspecified atom stereocenters. The second kappa shape index (κ2) is 8.09. The molecule has 0 bridgehead atoms. The molecule has 0 radical (unpaired) electrons. The minimum Gasteiger partial charge on any atom is -0.352 e. The zero-order valence-corrected chi connectivity index (χ0v) is 15.4. The highest BCUT2D eigenvalue weighted by Gasteiger charge is 2.32. The molecule has 1 aromatic rings. The molecule has 7 heteroatoms. The summed E-state index contributed by atoms with van der Waals surface area (Å²) in [5.41, 5.74) is 1.07. The lowest BCUT2D eigenvalue weighted by Gasteiger charge is -2.18. The van der Waals surface area contributed by atoms with Crippen molar-refractivity contribution in [3.05, 3.63) is 29.8 Å². The first-order valence-electron chi connectivity index (χ1n) is 8.37. The van der Waals surface area contributed by atoms with Gasteiger partial charge in [0.25, 0.3) is 0 Å². The molecule has 2 rings (SSSR count). The molecular formula is C17H27N3O3S. The summed E-state index contributed by atoms with van der Waals surface area (Å²) in [6, 6.07) is 7.17. The Hall–Kier alpha value is -1.44. The molecule has 0 spiro atoms. The SMILES string of the molecule is CCC[C@@H]1CN(Cc2ccc(S(=O)(=O)NC)cc2)C[C@H]1NC(C)=O. The highest BCUT2D eigenvalue weighted by molar-refractivity contribution is 7.89. The van der Waals surface area contributed by atoms with Crippen molar-refractivity contribution in [1.82, 2.24) is 14.9 Å². The Labute approximate surface area is 144 Å². The second-order valence-corrected chi connectivity index (χ2v) is 8.29. The minimum atomic E-state index is -3.39. The van der Waals surface area contributed by atoms with E-state index >= 15 is 0 Å². The summed E-state index contributed by atoms with van der Waals surface area (Å²) in [5, 5.41) is 3.06. The van der Waals surface area contributed by atoms with Gasteiger partial charge >= 0.3 is 0 Å². The number of likely N-dealkylation sites (tertiary alicyclic amines) is 1. The third kappa shape index (κ3) is 4.78. The van der Waals surface area contributed by atoms with Gasteiger partial charge in [0.1, 0.15) is 0 Å². The van der Waals surface area contributed by atoms with Gasteiger partial charge in [0, 0.05) is 32.6 Å². The lowest BCUT2D eigenvalue weighted by molar-refractivity contribution is -0.119. The zero-order valence-electron chi connectivity index (χ0n) is 14.6. The van der Waals surface area contributed by atoms with Gasteiger partial charge in [-0.05, 0) is 37.1 Å². The highest BCUT2D eigenvalue weighted by atomic mass is 32.2. The Bertz CT molecular complexity index is 658. The third-order valence-electron chi connectivity index (χ3n) is 4.47. The van der Waals surface area contributed by atoms with Crippen LogP contribution in [0.2, 0.25) is 0 Å². The maximum atomic E-state index is 11.8. The van der Waals surface area contributed by atoms with Gasteiger partial charge in [-0.3, -0.25) is 9.69 Å². The van der Waals surface area contributed by atoms with E-state index in [1.165, 1.54) is 7.05 Å². The molecule has 1 aliphatic heterocycles. The van der Waals surface area contributed by atoms with E-state index in [1.807, 2.05) is 12.1 Å². The molecule has 1 aromatic carbocycles. The number of hydrogen-bond donors (Lipinski definition) is 2. The van der Waals surface area contributed by atoms with Crippen molar-refractivity contribution in [2.24, 2.45) is 5.92 Å². The lowest BCUT2D eigenvalue weighted by atomic mass is 9.98. The Morgan fingerprint density at radius 1 is 1.25 bits per heavy atom. The molecule has 24 heavy (non-hydrogen) atoms. The van der Waals surface area contributed by atoms with Crippen LogP contribution in [0.15, 0.2) is 29.2 Å². The van der Waals surface area contributed by atoms with Crippen molar-refractivity contribution in [2.75, 3.05) is 20.1 Å². The predicted molar refractivity (Wildman–Crippen MR) is 94.0 cm³/mol. The van der Waals surface area contributed by atoms with Crippen LogP contribution in [0.1, 0.15) is 32.3 Å². The van der Waals surface area contributed by atoms with Gasteiger partial charge < -0.3 is 5.32 Å². The minimum absolute atomic E-state index is 0.0181. The Kier molecular flexibility index (Phi) is 6.37. The van der Waals surface area contributed by atoms with Crippen LogP contribution in [-0.4, -0.2) is 45.4 Å². The average molecular weight is 353 g/mol. The maximum Gasteiger partial charge on any atom is 0.240 e. The second-order valence-electron chi connectivity index (χ2n) is 6.40. The summed E-state index contributed by atoms with van der Waals surface area (Å²) in [7, 11) is -1.99. The number of benzene rings is 1. The van der Waals surface area contributed by atoms with Crippen LogP contribution in [0, 0.1) is 5.92 Å². The van der Waals surface area contributed by atoms with Crippen molar-refractivity contribution in [3.8, 4) is 0 Å². The monoisotopic (exact) mass is 353 g/mol. The largest absolute Gasteiger partial charge is 0.352 e. The Morgan fingerprint density at radius 2 is 1.92 bits per heavy atom. The van der Waals surface area contributed by atoms with Crippen LogP contribution in [0.25, 0.3) is 0 Å². The molecule has 2 atom stereocenters. The Morgan fingerprint density at radius 3 is 2.46 bits per heavy atom. The topological polar surface area (TPSA) is 78.5 Å². The standard InChI is InChI=1S/C17H27N3O3S/c1-4-5-15-11-20(12-17(15)19-13(2)21)10-14-6-8-16(9-7-14)24(22,23)18-3/h6-9,15,17-18H,4-5,10-12H2,1-3H3,(H,19,21)/t15-,17-/m1/s1. The molecular weight excluding hydrogens is 326 g/mol. The summed E-state index contributed by atoms with van der Waals surface area (Å²) in [6.45, 7) is 6.27. The van der Waals surface area contributed by atoms with Crippen molar-refractivity contribution >= 4 is 15.9 Å². The van der Waals surface area contributed by atoms with E-state index in [0.29, 0.717) is 5.92 Å². The average Bonchev–Trinajstić information content (AvgIpc) is 2.89. The third-order valence-corrected chi connectivity index (χ3v) is 5.90. The van der Waals surface area contributed by atoms with E-state index in [-0.39, 0.29) is 16.8 Å². The molecule has 6 nitrogen and oxygen atoms in total. The lowest BCUT2D eigenvalue weighted by Crippen LogP contribution is -2.39. The van der Waals surface area contributed by atoms with Crippen LogP contribution in [0.3, 0.4) is 0 Å². The molecule has 134 valence electrons. The molecule has 2 N–H and O–H groups in total. The normalized spacial score (nSPS) is 21.8. The van der Waals surface area contributed by atoms with Crippen molar-refractivity contribution in [2.45, 2.75) is 44.2 Å². The Balaban J connectivity index is 2.02. The van der Waals surface area contributed by atoms with Crippen LogP contribution in [0.5, 0.6) is 0 Å². The van der Waals surface area contributed by atoms with E-state index < -0.39 is 10.0 Å². The summed E-state index contributed by atoms with van der Waals surface area (Å²) in [6.07, 6.45) is 2.20. The number of nitrogens with one attached hydrogen (secondary N) is 2. The van der Waals surface area contributed by atoms with Gasteiger partial charge in [0.15, 0.2) is 0 Å². The fourth-order valence-corrected chi connectivity index (χ4v) is 4.06. The molecule has 1 saturated heterocycles. The number of carbonyl (C=O) groups is 1. The van der Waals surface area contributed by atoms with Crippen molar-refractivity contribution < 1.29 is 13.2 Å². The van der Waals surface area contributed by atoms with Crippen LogP contribution in [0.4, 0.5) is 0 Å². The summed E-state index contributed by atoms with van der Waals surface area (Å²) < 4.78 is 25.8. The highest BCUT2D eigenvalue weighted by Crippen LogP contribution is 2.23. The smallest absolute Gasteiger partial charge is 0.240 e. The number of sulfonamides is 1.